The van der Waals surface area contributed by atoms with Crippen LogP contribution in [-0.2, 0) is 19.6 Å². The van der Waals surface area contributed by atoms with Crippen LogP contribution in [0, 0.1) is 0 Å². The van der Waals surface area contributed by atoms with E-state index in [0.29, 0.717) is 16.3 Å². The molecule has 0 saturated heterocycles. The molecule has 0 atom stereocenters. The second-order valence-corrected chi connectivity index (χ2v) is 9.13. The standard InChI is InChI=1S/C20H22Cl2N2O5S/c1-3-29-20(26)14-6-4-7-16(12-14)23-19(25)8-5-11-24(30(2,27)28)18-13-15(21)9-10-17(18)22/h4,6-7,9-10,12-13H,3,5,8,11H2,1-2H3,(H,23,25). The van der Waals surface area contributed by atoms with Gasteiger partial charge in [-0.05, 0) is 49.7 Å². The summed E-state index contributed by atoms with van der Waals surface area (Å²) in [6.45, 7) is 2.01. The summed E-state index contributed by atoms with van der Waals surface area (Å²) in [5.41, 5.74) is 1.03. The predicted molar refractivity (Wildman–Crippen MR) is 119 cm³/mol. The largest absolute Gasteiger partial charge is 0.462 e. The summed E-state index contributed by atoms with van der Waals surface area (Å²) in [6, 6.07) is 10.9. The first-order valence-corrected chi connectivity index (χ1v) is 11.7. The van der Waals surface area contributed by atoms with Gasteiger partial charge in [-0.2, -0.15) is 0 Å². The number of carbonyl (C=O) groups is 2. The van der Waals surface area contributed by atoms with Crippen LogP contribution in [-0.4, -0.2) is 39.7 Å². The van der Waals surface area contributed by atoms with Crippen molar-refractivity contribution in [2.75, 3.05) is 29.0 Å². The Bertz CT molecular complexity index is 1030. The van der Waals surface area contributed by atoms with E-state index in [4.69, 9.17) is 27.9 Å². The number of sulfonamides is 1. The lowest BCUT2D eigenvalue weighted by molar-refractivity contribution is -0.116. The minimum atomic E-state index is -3.63. The summed E-state index contributed by atoms with van der Waals surface area (Å²) in [7, 11) is -3.63. The number of esters is 1. The molecule has 1 amide bonds. The molecule has 0 aliphatic carbocycles. The topological polar surface area (TPSA) is 92.8 Å². The van der Waals surface area contributed by atoms with Gasteiger partial charge in [0, 0.05) is 23.7 Å². The number of nitrogens with zero attached hydrogens (tertiary/aromatic N) is 1. The molecular formula is C20H22Cl2N2O5S. The number of rotatable bonds is 9. The number of benzene rings is 2. The van der Waals surface area contributed by atoms with E-state index in [0.717, 1.165) is 10.6 Å². The molecule has 0 aliphatic rings. The third kappa shape index (κ3) is 6.90. The van der Waals surface area contributed by atoms with Gasteiger partial charge in [0.1, 0.15) is 0 Å². The minimum Gasteiger partial charge on any atom is -0.462 e. The number of nitrogens with one attached hydrogen (secondary N) is 1. The van der Waals surface area contributed by atoms with Crippen LogP contribution in [0.15, 0.2) is 42.5 Å². The Morgan fingerprint density at radius 2 is 1.87 bits per heavy atom. The summed E-state index contributed by atoms with van der Waals surface area (Å²) in [5, 5.41) is 3.28. The molecule has 162 valence electrons. The van der Waals surface area contributed by atoms with Crippen molar-refractivity contribution in [1.82, 2.24) is 0 Å². The maximum absolute atomic E-state index is 12.3. The van der Waals surface area contributed by atoms with Gasteiger partial charge < -0.3 is 10.1 Å². The van der Waals surface area contributed by atoms with Gasteiger partial charge in [0.25, 0.3) is 0 Å². The highest BCUT2D eigenvalue weighted by molar-refractivity contribution is 7.92. The lowest BCUT2D eigenvalue weighted by Gasteiger charge is -2.23. The van der Waals surface area contributed by atoms with Crippen molar-refractivity contribution in [2.45, 2.75) is 19.8 Å². The summed E-state index contributed by atoms with van der Waals surface area (Å²) in [5.74, 6) is -0.794. The van der Waals surface area contributed by atoms with Crippen LogP contribution in [0.3, 0.4) is 0 Å². The first kappa shape index (κ1) is 24.0. The third-order valence-corrected chi connectivity index (χ3v) is 5.73. The molecule has 0 saturated carbocycles. The number of halogens is 2. The highest BCUT2D eigenvalue weighted by Gasteiger charge is 2.20. The fourth-order valence-corrected chi connectivity index (χ4v) is 4.09. The molecule has 0 aromatic heterocycles. The lowest BCUT2D eigenvalue weighted by atomic mass is 10.2. The van der Waals surface area contributed by atoms with Crippen molar-refractivity contribution < 1.29 is 22.7 Å². The van der Waals surface area contributed by atoms with Crippen molar-refractivity contribution in [3.63, 3.8) is 0 Å². The highest BCUT2D eigenvalue weighted by atomic mass is 35.5. The molecule has 0 radical (unpaired) electrons. The van der Waals surface area contributed by atoms with Gasteiger partial charge >= 0.3 is 5.97 Å². The fourth-order valence-electron chi connectivity index (χ4n) is 2.69. The maximum Gasteiger partial charge on any atom is 0.338 e. The van der Waals surface area contributed by atoms with Gasteiger partial charge in [-0.25, -0.2) is 13.2 Å². The Balaban J connectivity index is 2.01. The van der Waals surface area contributed by atoms with E-state index in [-0.39, 0.29) is 42.6 Å². The Morgan fingerprint density at radius 1 is 1.13 bits per heavy atom. The van der Waals surface area contributed by atoms with E-state index < -0.39 is 16.0 Å². The second-order valence-electron chi connectivity index (χ2n) is 6.38. The van der Waals surface area contributed by atoms with E-state index >= 15 is 0 Å². The number of anilines is 2. The van der Waals surface area contributed by atoms with Crippen molar-refractivity contribution in [3.8, 4) is 0 Å². The SMILES string of the molecule is CCOC(=O)c1cccc(NC(=O)CCCN(c2cc(Cl)ccc2Cl)S(C)(=O)=O)c1. The van der Waals surface area contributed by atoms with Crippen LogP contribution < -0.4 is 9.62 Å². The molecule has 0 aliphatic heterocycles. The number of carbonyl (C=O) groups excluding carboxylic acids is 2. The molecule has 0 bridgehead atoms. The van der Waals surface area contributed by atoms with Crippen LogP contribution in [0.1, 0.15) is 30.1 Å². The summed E-state index contributed by atoms with van der Waals surface area (Å²) in [4.78, 5) is 24.1. The Kier molecular flexibility index (Phi) is 8.52. The molecule has 2 rings (SSSR count). The Morgan fingerprint density at radius 3 is 2.53 bits per heavy atom. The summed E-state index contributed by atoms with van der Waals surface area (Å²) < 4.78 is 30.5. The van der Waals surface area contributed by atoms with Crippen LogP contribution >= 0.6 is 23.2 Å². The molecule has 1 N–H and O–H groups in total. The van der Waals surface area contributed by atoms with Gasteiger partial charge in [-0.1, -0.05) is 29.3 Å². The van der Waals surface area contributed by atoms with Gasteiger partial charge in [-0.15, -0.1) is 0 Å². The first-order valence-electron chi connectivity index (χ1n) is 9.11. The van der Waals surface area contributed by atoms with Crippen molar-refractivity contribution in [1.29, 1.82) is 0 Å². The predicted octanol–water partition coefficient (Wildman–Crippen LogP) is 4.36. The molecule has 30 heavy (non-hydrogen) atoms. The number of ether oxygens (including phenoxy) is 1. The molecule has 2 aromatic carbocycles. The van der Waals surface area contributed by atoms with E-state index in [1.807, 2.05) is 0 Å². The van der Waals surface area contributed by atoms with Crippen LogP contribution in [0.2, 0.25) is 10.0 Å². The minimum absolute atomic E-state index is 0.0508. The average molecular weight is 473 g/mol. The average Bonchev–Trinajstić information content (AvgIpc) is 2.67. The van der Waals surface area contributed by atoms with E-state index in [9.17, 15) is 18.0 Å². The zero-order valence-electron chi connectivity index (χ0n) is 16.5. The molecular weight excluding hydrogens is 451 g/mol. The van der Waals surface area contributed by atoms with E-state index in [1.54, 1.807) is 31.2 Å². The third-order valence-electron chi connectivity index (χ3n) is 4.00. The zero-order valence-corrected chi connectivity index (χ0v) is 18.9. The van der Waals surface area contributed by atoms with Crippen molar-refractivity contribution in [3.05, 3.63) is 58.1 Å². The second kappa shape index (κ2) is 10.7. The number of hydrogen-bond acceptors (Lipinski definition) is 5. The molecule has 0 unspecified atom stereocenters. The van der Waals surface area contributed by atoms with E-state index in [2.05, 4.69) is 5.32 Å². The van der Waals surface area contributed by atoms with Gasteiger partial charge in [0.15, 0.2) is 0 Å². The van der Waals surface area contributed by atoms with Crippen molar-refractivity contribution >= 4 is 56.5 Å². The molecule has 7 nitrogen and oxygen atoms in total. The molecule has 2 aromatic rings. The Labute approximate surface area is 186 Å². The smallest absolute Gasteiger partial charge is 0.338 e. The molecule has 10 heteroatoms. The fraction of sp³-hybridized carbons (Fsp3) is 0.300. The quantitative estimate of drug-likeness (QED) is 0.547. The highest BCUT2D eigenvalue weighted by Crippen LogP contribution is 2.30. The lowest BCUT2D eigenvalue weighted by Crippen LogP contribution is -2.31. The van der Waals surface area contributed by atoms with Crippen LogP contribution in [0.5, 0.6) is 0 Å². The van der Waals surface area contributed by atoms with Gasteiger partial charge in [0.2, 0.25) is 15.9 Å². The monoisotopic (exact) mass is 472 g/mol. The normalized spacial score (nSPS) is 11.1. The first-order chi connectivity index (χ1) is 14.1. The maximum atomic E-state index is 12.3. The number of amides is 1. The number of hydrogen-bond donors (Lipinski definition) is 1. The van der Waals surface area contributed by atoms with Crippen LogP contribution in [0.4, 0.5) is 11.4 Å². The van der Waals surface area contributed by atoms with E-state index in [1.165, 1.54) is 18.2 Å². The van der Waals surface area contributed by atoms with Crippen LogP contribution in [0.25, 0.3) is 0 Å². The zero-order chi connectivity index (χ0) is 22.3. The van der Waals surface area contributed by atoms with Gasteiger partial charge in [-0.3, -0.25) is 9.10 Å². The molecule has 0 heterocycles. The Hall–Kier alpha value is -2.29. The molecule has 0 spiro atoms. The molecule has 0 fully saturated rings. The van der Waals surface area contributed by atoms with Gasteiger partial charge in [0.05, 0.1) is 29.1 Å². The van der Waals surface area contributed by atoms with Crippen molar-refractivity contribution in [2.24, 2.45) is 0 Å². The summed E-state index contributed by atoms with van der Waals surface area (Å²) >= 11 is 12.1. The summed E-state index contributed by atoms with van der Waals surface area (Å²) in [6.07, 6.45) is 1.37.